The average Bonchev–Trinajstić information content (AvgIpc) is 2.75. The van der Waals surface area contributed by atoms with Gasteiger partial charge in [0.1, 0.15) is 17.5 Å². The fraction of sp³-hybridized carbons (Fsp3) is 0.429. The summed E-state index contributed by atoms with van der Waals surface area (Å²) < 4.78 is 1.70. The zero-order valence-corrected chi connectivity index (χ0v) is 17.0. The number of nitrogens with one attached hydrogen (secondary N) is 3. The van der Waals surface area contributed by atoms with Gasteiger partial charge in [-0.2, -0.15) is 0 Å². The molecule has 0 aliphatic heterocycles. The number of hydrogen-bond acceptors (Lipinski definition) is 8. The Labute approximate surface area is 174 Å². The van der Waals surface area contributed by atoms with Crippen LogP contribution in [0.15, 0.2) is 41.7 Å². The van der Waals surface area contributed by atoms with E-state index < -0.39 is 0 Å². The van der Waals surface area contributed by atoms with Gasteiger partial charge in [0.25, 0.3) is 5.56 Å². The quantitative estimate of drug-likeness (QED) is 0.467. The van der Waals surface area contributed by atoms with Crippen LogP contribution in [0.1, 0.15) is 25.7 Å². The number of nitrogens with zero attached hydrogens (tertiary/aromatic N) is 4. The maximum absolute atomic E-state index is 13.2. The Morgan fingerprint density at radius 2 is 2.03 bits per heavy atom. The molecule has 0 aromatic carbocycles. The molecule has 4 N–H and O–H groups in total. The smallest absolute Gasteiger partial charge is 0.262 e. The lowest BCUT2D eigenvalue weighted by molar-refractivity contribution is 0.126. The van der Waals surface area contributed by atoms with Crippen molar-refractivity contribution in [2.24, 2.45) is 0 Å². The third-order valence-corrected chi connectivity index (χ3v) is 5.42. The van der Waals surface area contributed by atoms with Crippen LogP contribution in [0.3, 0.4) is 0 Å². The van der Waals surface area contributed by atoms with Crippen LogP contribution in [0, 0.1) is 0 Å². The Hall–Kier alpha value is -3.04. The van der Waals surface area contributed by atoms with E-state index in [1.807, 2.05) is 25.4 Å². The number of fused-ring (bicyclic) bond motifs is 1. The van der Waals surface area contributed by atoms with Crippen LogP contribution in [0.2, 0.25) is 0 Å². The average molecular weight is 409 g/mol. The molecule has 1 aliphatic rings. The standard InChI is InChI=1S/C21H27N7O2/c1-22-9-11-28-10-6-14-12-17(26-18-13-23-7-8-24-18)27-20(19(14)21(28)30)25-15-2-4-16(29)5-3-15/h6-8,10,12-13,15-16,22,29H,2-5,9,11H2,1H3,(H2,24,25,26,27). The highest BCUT2D eigenvalue weighted by atomic mass is 16.3. The molecule has 0 spiro atoms. The molecule has 3 heterocycles. The Kier molecular flexibility index (Phi) is 6.20. The van der Waals surface area contributed by atoms with Crippen molar-refractivity contribution in [3.63, 3.8) is 0 Å². The summed E-state index contributed by atoms with van der Waals surface area (Å²) in [5.41, 5.74) is -0.0698. The van der Waals surface area contributed by atoms with Gasteiger partial charge in [-0.15, -0.1) is 0 Å². The summed E-state index contributed by atoms with van der Waals surface area (Å²) in [7, 11) is 1.86. The highest BCUT2D eigenvalue weighted by Gasteiger charge is 2.21. The van der Waals surface area contributed by atoms with Crippen LogP contribution < -0.4 is 21.5 Å². The molecule has 0 atom stereocenters. The molecule has 0 unspecified atom stereocenters. The van der Waals surface area contributed by atoms with Crippen LogP contribution in [-0.4, -0.2) is 50.4 Å². The maximum Gasteiger partial charge on any atom is 0.262 e. The van der Waals surface area contributed by atoms with Gasteiger partial charge in [0.2, 0.25) is 0 Å². The number of aliphatic hydroxyl groups excluding tert-OH is 1. The summed E-state index contributed by atoms with van der Waals surface area (Å²) in [6.07, 6.45) is 9.59. The molecule has 4 rings (SSSR count). The largest absolute Gasteiger partial charge is 0.393 e. The van der Waals surface area contributed by atoms with E-state index in [-0.39, 0.29) is 17.7 Å². The first kappa shape index (κ1) is 20.2. The van der Waals surface area contributed by atoms with Crippen LogP contribution in [0.5, 0.6) is 0 Å². The van der Waals surface area contributed by atoms with E-state index in [0.717, 1.165) is 31.1 Å². The normalized spacial score (nSPS) is 19.0. The highest BCUT2D eigenvalue weighted by molar-refractivity contribution is 5.93. The molecule has 3 aromatic rings. The fourth-order valence-corrected chi connectivity index (χ4v) is 3.79. The van der Waals surface area contributed by atoms with Crippen LogP contribution in [0.4, 0.5) is 17.5 Å². The minimum atomic E-state index is -0.240. The predicted octanol–water partition coefficient (Wildman–Crippen LogP) is 1.86. The molecule has 9 heteroatoms. The van der Waals surface area contributed by atoms with E-state index in [0.29, 0.717) is 35.9 Å². The molecule has 3 aromatic heterocycles. The number of likely N-dealkylation sites (N-methyl/N-ethyl adjacent to an activating group) is 1. The molecule has 0 bridgehead atoms. The molecule has 1 aliphatic carbocycles. The van der Waals surface area contributed by atoms with E-state index in [2.05, 4.69) is 25.9 Å². The SMILES string of the molecule is CNCCn1ccc2cc(Nc3cnccn3)nc(NC3CCC(O)CC3)c2c1=O. The summed E-state index contributed by atoms with van der Waals surface area (Å²) in [5, 5.41) is 20.9. The zero-order chi connectivity index (χ0) is 20.9. The summed E-state index contributed by atoms with van der Waals surface area (Å²) >= 11 is 0. The molecule has 0 saturated heterocycles. The Morgan fingerprint density at radius 1 is 1.20 bits per heavy atom. The van der Waals surface area contributed by atoms with Crippen LogP contribution >= 0.6 is 0 Å². The fourth-order valence-electron chi connectivity index (χ4n) is 3.79. The first-order valence-corrected chi connectivity index (χ1v) is 10.3. The van der Waals surface area contributed by atoms with Crippen molar-refractivity contribution in [3.8, 4) is 0 Å². The lowest BCUT2D eigenvalue weighted by Gasteiger charge is -2.27. The van der Waals surface area contributed by atoms with Crippen LogP contribution in [-0.2, 0) is 6.54 Å². The molecule has 30 heavy (non-hydrogen) atoms. The van der Waals surface area contributed by atoms with Crippen molar-refractivity contribution >= 4 is 28.2 Å². The van der Waals surface area contributed by atoms with E-state index in [9.17, 15) is 9.90 Å². The van der Waals surface area contributed by atoms with Gasteiger partial charge in [-0.3, -0.25) is 9.78 Å². The molecule has 1 saturated carbocycles. The van der Waals surface area contributed by atoms with Crippen molar-refractivity contribution in [2.75, 3.05) is 24.2 Å². The number of aromatic nitrogens is 4. The second-order valence-corrected chi connectivity index (χ2v) is 7.60. The topological polar surface area (TPSA) is 117 Å². The molecule has 1 fully saturated rings. The molecule has 0 radical (unpaired) electrons. The van der Waals surface area contributed by atoms with E-state index >= 15 is 0 Å². The summed E-state index contributed by atoms with van der Waals surface area (Å²) in [4.78, 5) is 26.2. The van der Waals surface area contributed by atoms with Crippen molar-refractivity contribution in [3.05, 3.63) is 47.3 Å². The minimum absolute atomic E-state index is 0.0698. The van der Waals surface area contributed by atoms with E-state index in [4.69, 9.17) is 4.98 Å². The Morgan fingerprint density at radius 3 is 2.77 bits per heavy atom. The first-order valence-electron chi connectivity index (χ1n) is 10.3. The predicted molar refractivity (Wildman–Crippen MR) is 117 cm³/mol. The number of rotatable bonds is 7. The maximum atomic E-state index is 13.2. The van der Waals surface area contributed by atoms with Gasteiger partial charge in [-0.05, 0) is 50.2 Å². The summed E-state index contributed by atoms with van der Waals surface area (Å²) in [6.45, 7) is 1.29. The first-order chi connectivity index (χ1) is 14.6. The molecular weight excluding hydrogens is 382 g/mol. The second kappa shape index (κ2) is 9.19. The molecule has 158 valence electrons. The molecule has 0 amide bonds. The van der Waals surface area contributed by atoms with Crippen LogP contribution in [0.25, 0.3) is 10.8 Å². The van der Waals surface area contributed by atoms with Crippen molar-refractivity contribution in [2.45, 2.75) is 44.4 Å². The Balaban J connectivity index is 1.73. The number of aliphatic hydroxyl groups is 1. The third-order valence-electron chi connectivity index (χ3n) is 5.42. The molecule has 9 nitrogen and oxygen atoms in total. The van der Waals surface area contributed by atoms with Gasteiger partial charge in [-0.1, -0.05) is 0 Å². The lowest BCUT2D eigenvalue weighted by atomic mass is 9.93. The lowest BCUT2D eigenvalue weighted by Crippen LogP contribution is -2.30. The van der Waals surface area contributed by atoms with Gasteiger partial charge in [-0.25, -0.2) is 9.97 Å². The summed E-state index contributed by atoms with van der Waals surface area (Å²) in [6, 6.07) is 3.95. The number of hydrogen-bond donors (Lipinski definition) is 4. The third kappa shape index (κ3) is 4.58. The zero-order valence-electron chi connectivity index (χ0n) is 17.0. The number of anilines is 3. The van der Waals surface area contributed by atoms with Gasteiger partial charge < -0.3 is 25.6 Å². The van der Waals surface area contributed by atoms with E-state index in [1.165, 1.54) is 0 Å². The number of pyridine rings is 2. The van der Waals surface area contributed by atoms with E-state index in [1.54, 1.807) is 23.2 Å². The highest BCUT2D eigenvalue weighted by Crippen LogP contribution is 2.27. The minimum Gasteiger partial charge on any atom is -0.393 e. The van der Waals surface area contributed by atoms with Gasteiger partial charge in [0.05, 0.1) is 17.7 Å². The van der Waals surface area contributed by atoms with Crippen molar-refractivity contribution in [1.29, 1.82) is 0 Å². The van der Waals surface area contributed by atoms with Crippen molar-refractivity contribution in [1.82, 2.24) is 24.8 Å². The van der Waals surface area contributed by atoms with Gasteiger partial charge >= 0.3 is 0 Å². The van der Waals surface area contributed by atoms with Gasteiger partial charge in [0, 0.05) is 37.7 Å². The Bertz CT molecular complexity index is 1050. The second-order valence-electron chi connectivity index (χ2n) is 7.60. The summed E-state index contributed by atoms with van der Waals surface area (Å²) in [5.74, 6) is 1.73. The van der Waals surface area contributed by atoms with Gasteiger partial charge in [0.15, 0.2) is 0 Å². The van der Waals surface area contributed by atoms with Crippen molar-refractivity contribution < 1.29 is 5.11 Å². The monoisotopic (exact) mass is 409 g/mol. The molecular formula is C21H27N7O2.